The van der Waals surface area contributed by atoms with E-state index >= 15 is 0 Å². The molecule has 0 aliphatic carbocycles. The normalized spacial score (nSPS) is 10.7. The minimum absolute atomic E-state index is 0.0329. The number of carbonyl (C=O) groups is 1. The number of nitrogens with zero attached hydrogens (tertiary/aromatic N) is 3. The highest BCUT2D eigenvalue weighted by Gasteiger charge is 2.08. The zero-order valence-electron chi connectivity index (χ0n) is 20.2. The van der Waals surface area contributed by atoms with Crippen molar-refractivity contribution in [2.75, 3.05) is 48.9 Å². The molecule has 0 atom stereocenters. The number of aromatic nitrogens is 3. The highest BCUT2D eigenvalue weighted by Crippen LogP contribution is 2.20. The van der Waals surface area contributed by atoms with Crippen LogP contribution in [0.3, 0.4) is 0 Å². The summed E-state index contributed by atoms with van der Waals surface area (Å²) in [6.45, 7) is 3.89. The first-order chi connectivity index (χ1) is 17.5. The van der Waals surface area contributed by atoms with Crippen LogP contribution in [-0.4, -0.2) is 63.9 Å². The predicted octanol–water partition coefficient (Wildman–Crippen LogP) is 3.37. The lowest BCUT2D eigenvalue weighted by molar-refractivity contribution is -0.117. The number of phenols is 1. The van der Waals surface area contributed by atoms with Crippen LogP contribution in [0.5, 0.6) is 5.75 Å². The first-order valence-corrected chi connectivity index (χ1v) is 11.7. The molecule has 192 valence electrons. The van der Waals surface area contributed by atoms with Gasteiger partial charge in [-0.1, -0.05) is 12.1 Å². The lowest BCUT2D eigenvalue weighted by Gasteiger charge is -2.12. The smallest absolute Gasteiger partial charge is 0.233 e. The molecule has 0 saturated heterocycles. The Morgan fingerprint density at radius 1 is 0.806 bits per heavy atom. The summed E-state index contributed by atoms with van der Waals surface area (Å²) in [7, 11) is 0. The molecule has 11 heteroatoms. The van der Waals surface area contributed by atoms with Gasteiger partial charge in [0.15, 0.2) is 0 Å². The molecule has 0 aliphatic rings. The molecule has 3 aromatic rings. The summed E-state index contributed by atoms with van der Waals surface area (Å²) in [5.74, 6) is 1.31. The molecule has 11 nitrogen and oxygen atoms in total. The van der Waals surface area contributed by atoms with Crippen LogP contribution in [0, 0.1) is 0 Å². The molecular weight excluding hydrogens is 464 g/mol. The number of benzene rings is 2. The molecule has 0 bridgehead atoms. The van der Waals surface area contributed by atoms with Crippen molar-refractivity contribution in [3.05, 3.63) is 54.1 Å². The quantitative estimate of drug-likeness (QED) is 0.147. The molecule has 0 unspecified atom stereocenters. The molecule has 3 rings (SSSR count). The standard InChI is InChI=1S/C25H32N6O5/c1-18(33)3-2-13-35-15-16-36-14-12-26-23-29-24(27-20-6-4-19(17-32)5-7-20)31-25(30-23)28-21-8-10-22(34)11-9-21/h4-11,32,34H,2-3,12-17H2,1H3,(H3,26,27,28,29,30,31). The minimum atomic E-state index is -0.0329. The Hall–Kier alpha value is -3.80. The maximum atomic E-state index is 10.9. The summed E-state index contributed by atoms with van der Waals surface area (Å²) >= 11 is 0. The second-order valence-electron chi connectivity index (χ2n) is 7.92. The van der Waals surface area contributed by atoms with Crippen LogP contribution in [-0.2, 0) is 20.9 Å². The van der Waals surface area contributed by atoms with Crippen molar-refractivity contribution in [2.24, 2.45) is 0 Å². The Morgan fingerprint density at radius 2 is 1.36 bits per heavy atom. The molecule has 1 aromatic heterocycles. The van der Waals surface area contributed by atoms with Crippen molar-refractivity contribution in [1.29, 1.82) is 0 Å². The molecule has 1 heterocycles. The van der Waals surface area contributed by atoms with Crippen molar-refractivity contribution >= 4 is 35.0 Å². The third-order valence-electron chi connectivity index (χ3n) is 4.87. The summed E-state index contributed by atoms with van der Waals surface area (Å²) in [6.07, 6.45) is 1.25. The van der Waals surface area contributed by atoms with Gasteiger partial charge in [-0.05, 0) is 55.3 Å². The maximum absolute atomic E-state index is 10.9. The van der Waals surface area contributed by atoms with Gasteiger partial charge < -0.3 is 40.4 Å². The number of hydrogen-bond acceptors (Lipinski definition) is 11. The van der Waals surface area contributed by atoms with Crippen molar-refractivity contribution in [3.8, 4) is 5.75 Å². The minimum Gasteiger partial charge on any atom is -0.508 e. The number of anilines is 5. The SMILES string of the molecule is CC(=O)CCCOCCOCCNc1nc(Nc2ccc(O)cc2)nc(Nc2ccc(CO)cc2)n1. The van der Waals surface area contributed by atoms with E-state index in [0.29, 0.717) is 62.9 Å². The van der Waals surface area contributed by atoms with E-state index < -0.39 is 0 Å². The van der Waals surface area contributed by atoms with Gasteiger partial charge in [-0.25, -0.2) is 0 Å². The molecule has 0 radical (unpaired) electrons. The van der Waals surface area contributed by atoms with E-state index in [-0.39, 0.29) is 18.1 Å². The summed E-state index contributed by atoms with van der Waals surface area (Å²) in [5, 5.41) is 28.1. The third kappa shape index (κ3) is 9.82. The number of aliphatic hydroxyl groups is 1. The second-order valence-corrected chi connectivity index (χ2v) is 7.92. The van der Waals surface area contributed by atoms with E-state index in [0.717, 1.165) is 17.7 Å². The van der Waals surface area contributed by atoms with Crippen LogP contribution in [0.15, 0.2) is 48.5 Å². The molecule has 0 saturated carbocycles. The highest BCUT2D eigenvalue weighted by atomic mass is 16.5. The van der Waals surface area contributed by atoms with Crippen LogP contribution >= 0.6 is 0 Å². The summed E-state index contributed by atoms with van der Waals surface area (Å²) in [6, 6.07) is 13.8. The van der Waals surface area contributed by atoms with Gasteiger partial charge in [0.2, 0.25) is 17.8 Å². The zero-order valence-corrected chi connectivity index (χ0v) is 20.2. The molecule has 0 spiro atoms. The Kier molecular flexibility index (Phi) is 10.8. The van der Waals surface area contributed by atoms with Gasteiger partial charge in [0.1, 0.15) is 11.5 Å². The molecular formula is C25H32N6O5. The molecule has 2 aromatic carbocycles. The fraction of sp³-hybridized carbons (Fsp3) is 0.360. The van der Waals surface area contributed by atoms with Crippen LogP contribution < -0.4 is 16.0 Å². The first kappa shape index (κ1) is 26.8. The van der Waals surface area contributed by atoms with Gasteiger partial charge in [-0.3, -0.25) is 0 Å². The van der Waals surface area contributed by atoms with E-state index in [1.165, 1.54) is 0 Å². The van der Waals surface area contributed by atoms with E-state index in [2.05, 4.69) is 30.9 Å². The van der Waals surface area contributed by atoms with Crippen molar-refractivity contribution in [3.63, 3.8) is 0 Å². The van der Waals surface area contributed by atoms with Crippen LogP contribution in [0.1, 0.15) is 25.3 Å². The van der Waals surface area contributed by atoms with Gasteiger partial charge in [0.25, 0.3) is 0 Å². The van der Waals surface area contributed by atoms with E-state index in [1.807, 2.05) is 24.3 Å². The summed E-state index contributed by atoms with van der Waals surface area (Å²) in [4.78, 5) is 24.2. The number of aromatic hydroxyl groups is 1. The largest absolute Gasteiger partial charge is 0.508 e. The van der Waals surface area contributed by atoms with Crippen molar-refractivity contribution in [1.82, 2.24) is 15.0 Å². The number of nitrogens with one attached hydrogen (secondary N) is 3. The Bertz CT molecular complexity index is 1080. The number of Topliss-reactive ketones (excluding diaryl/α,β-unsaturated/α-hetero) is 1. The van der Waals surface area contributed by atoms with Gasteiger partial charge in [0, 0.05) is 30.9 Å². The topological polar surface area (TPSA) is 151 Å². The van der Waals surface area contributed by atoms with Gasteiger partial charge in [-0.2, -0.15) is 15.0 Å². The van der Waals surface area contributed by atoms with Crippen LogP contribution in [0.25, 0.3) is 0 Å². The Balaban J connectivity index is 1.54. The average molecular weight is 497 g/mol. The Labute approximate surface area is 209 Å². The summed E-state index contributed by atoms with van der Waals surface area (Å²) < 4.78 is 11.0. The first-order valence-electron chi connectivity index (χ1n) is 11.7. The lowest BCUT2D eigenvalue weighted by Crippen LogP contribution is -2.15. The number of hydrogen-bond donors (Lipinski definition) is 5. The van der Waals surface area contributed by atoms with Crippen molar-refractivity contribution in [2.45, 2.75) is 26.4 Å². The monoisotopic (exact) mass is 496 g/mol. The number of phenolic OH excluding ortho intramolecular Hbond substituents is 1. The number of ether oxygens (including phenoxy) is 2. The molecule has 36 heavy (non-hydrogen) atoms. The lowest BCUT2D eigenvalue weighted by atomic mass is 10.2. The van der Waals surface area contributed by atoms with Gasteiger partial charge in [-0.15, -0.1) is 0 Å². The van der Waals surface area contributed by atoms with Crippen molar-refractivity contribution < 1.29 is 24.5 Å². The number of aliphatic hydroxyl groups excluding tert-OH is 1. The van der Waals surface area contributed by atoms with E-state index in [4.69, 9.17) is 9.47 Å². The fourth-order valence-electron chi connectivity index (χ4n) is 3.04. The molecule has 5 N–H and O–H groups in total. The highest BCUT2D eigenvalue weighted by molar-refractivity contribution is 5.75. The number of carbonyl (C=O) groups excluding carboxylic acids is 1. The van der Waals surface area contributed by atoms with Gasteiger partial charge >= 0.3 is 0 Å². The average Bonchev–Trinajstić information content (AvgIpc) is 2.87. The zero-order chi connectivity index (χ0) is 25.6. The Morgan fingerprint density at radius 3 is 1.94 bits per heavy atom. The van der Waals surface area contributed by atoms with Gasteiger partial charge in [0.05, 0.1) is 26.4 Å². The van der Waals surface area contributed by atoms with Crippen LogP contribution in [0.4, 0.5) is 29.2 Å². The van der Waals surface area contributed by atoms with E-state index in [9.17, 15) is 15.0 Å². The summed E-state index contributed by atoms with van der Waals surface area (Å²) in [5.41, 5.74) is 2.26. The third-order valence-corrected chi connectivity index (χ3v) is 4.87. The second kappa shape index (κ2) is 14.6. The molecule has 0 amide bonds. The van der Waals surface area contributed by atoms with Crippen LogP contribution in [0.2, 0.25) is 0 Å². The maximum Gasteiger partial charge on any atom is 0.233 e. The number of rotatable bonds is 16. The predicted molar refractivity (Wildman–Crippen MR) is 137 cm³/mol. The fourth-order valence-corrected chi connectivity index (χ4v) is 3.04. The van der Waals surface area contributed by atoms with E-state index in [1.54, 1.807) is 31.2 Å². The molecule has 0 fully saturated rings. The number of ketones is 1. The molecule has 0 aliphatic heterocycles.